The molecular weight excluding hydrogens is 236 g/mol. The number of fused-ring (bicyclic) bond motifs is 1. The number of hydrogen-bond donors (Lipinski definition) is 1. The van der Waals surface area contributed by atoms with E-state index < -0.39 is 0 Å². The number of anilines is 1. The average Bonchev–Trinajstić information content (AvgIpc) is 2.49. The molecule has 1 N–H and O–H groups in total. The van der Waals surface area contributed by atoms with Gasteiger partial charge in [0, 0.05) is 30.2 Å². The van der Waals surface area contributed by atoms with Gasteiger partial charge in [0.2, 0.25) is 0 Å². The molecule has 0 fully saturated rings. The van der Waals surface area contributed by atoms with E-state index in [4.69, 9.17) is 0 Å². The number of pyridine rings is 1. The SMILES string of the molecule is c1ccc(CCNc2ncnc3ccccc23)nc1. The Morgan fingerprint density at radius 2 is 1.79 bits per heavy atom. The van der Waals surface area contributed by atoms with Crippen LogP contribution in [0.1, 0.15) is 5.69 Å². The highest BCUT2D eigenvalue weighted by atomic mass is 15.0. The molecule has 4 heteroatoms. The van der Waals surface area contributed by atoms with Crippen molar-refractivity contribution in [1.82, 2.24) is 15.0 Å². The molecule has 0 aliphatic heterocycles. The molecule has 2 heterocycles. The summed E-state index contributed by atoms with van der Waals surface area (Å²) in [6, 6.07) is 13.9. The first kappa shape index (κ1) is 11.6. The fraction of sp³-hybridized carbons (Fsp3) is 0.133. The van der Waals surface area contributed by atoms with E-state index in [0.717, 1.165) is 35.4 Å². The predicted molar refractivity (Wildman–Crippen MR) is 76.0 cm³/mol. The summed E-state index contributed by atoms with van der Waals surface area (Å²) in [5.74, 6) is 0.876. The van der Waals surface area contributed by atoms with Crippen LogP contribution in [0.2, 0.25) is 0 Å². The Labute approximate surface area is 111 Å². The summed E-state index contributed by atoms with van der Waals surface area (Å²) in [4.78, 5) is 12.8. The van der Waals surface area contributed by atoms with Gasteiger partial charge in [-0.05, 0) is 24.3 Å². The van der Waals surface area contributed by atoms with Gasteiger partial charge >= 0.3 is 0 Å². The Kier molecular flexibility index (Phi) is 3.32. The van der Waals surface area contributed by atoms with Gasteiger partial charge in [-0.15, -0.1) is 0 Å². The summed E-state index contributed by atoms with van der Waals surface area (Å²) in [6.07, 6.45) is 4.28. The summed E-state index contributed by atoms with van der Waals surface area (Å²) in [5.41, 5.74) is 2.03. The first-order valence-corrected chi connectivity index (χ1v) is 6.27. The maximum Gasteiger partial charge on any atom is 0.137 e. The maximum atomic E-state index is 4.30. The Morgan fingerprint density at radius 3 is 2.68 bits per heavy atom. The molecule has 1 aromatic carbocycles. The maximum absolute atomic E-state index is 4.30. The van der Waals surface area contributed by atoms with Crippen LogP contribution in [0.15, 0.2) is 55.0 Å². The normalized spacial score (nSPS) is 10.5. The zero-order valence-electron chi connectivity index (χ0n) is 10.5. The molecule has 2 aromatic heterocycles. The van der Waals surface area contributed by atoms with Crippen molar-refractivity contribution in [3.05, 3.63) is 60.7 Å². The number of nitrogens with zero attached hydrogens (tertiary/aromatic N) is 3. The van der Waals surface area contributed by atoms with Crippen molar-refractivity contribution in [3.8, 4) is 0 Å². The molecule has 3 rings (SSSR count). The molecule has 0 unspecified atom stereocenters. The molecule has 3 aromatic rings. The smallest absolute Gasteiger partial charge is 0.137 e. The number of benzene rings is 1. The second kappa shape index (κ2) is 5.44. The second-order valence-corrected chi connectivity index (χ2v) is 4.24. The molecule has 0 radical (unpaired) electrons. The van der Waals surface area contributed by atoms with Gasteiger partial charge in [-0.3, -0.25) is 4.98 Å². The molecule has 0 aliphatic carbocycles. The molecule has 0 bridgehead atoms. The number of aromatic nitrogens is 3. The lowest BCUT2D eigenvalue weighted by Crippen LogP contribution is -2.07. The number of nitrogens with one attached hydrogen (secondary N) is 1. The van der Waals surface area contributed by atoms with Crippen molar-refractivity contribution in [1.29, 1.82) is 0 Å². The molecule has 0 aliphatic rings. The van der Waals surface area contributed by atoms with Crippen LogP contribution in [-0.4, -0.2) is 21.5 Å². The van der Waals surface area contributed by atoms with Gasteiger partial charge in [-0.1, -0.05) is 18.2 Å². The van der Waals surface area contributed by atoms with E-state index >= 15 is 0 Å². The quantitative estimate of drug-likeness (QED) is 0.773. The van der Waals surface area contributed by atoms with Gasteiger partial charge in [0.15, 0.2) is 0 Å². The lowest BCUT2D eigenvalue weighted by atomic mass is 10.2. The summed E-state index contributed by atoms with van der Waals surface area (Å²) < 4.78 is 0. The van der Waals surface area contributed by atoms with Gasteiger partial charge in [-0.25, -0.2) is 9.97 Å². The molecule has 94 valence electrons. The highest BCUT2D eigenvalue weighted by molar-refractivity contribution is 5.88. The number of hydrogen-bond acceptors (Lipinski definition) is 4. The van der Waals surface area contributed by atoms with Crippen molar-refractivity contribution < 1.29 is 0 Å². The van der Waals surface area contributed by atoms with Crippen molar-refractivity contribution in [2.24, 2.45) is 0 Å². The third kappa shape index (κ3) is 2.68. The van der Waals surface area contributed by atoms with Crippen LogP contribution in [-0.2, 0) is 6.42 Å². The van der Waals surface area contributed by atoms with Crippen LogP contribution >= 0.6 is 0 Å². The Morgan fingerprint density at radius 1 is 0.895 bits per heavy atom. The summed E-state index contributed by atoms with van der Waals surface area (Å²) in [6.45, 7) is 0.804. The molecule has 4 nitrogen and oxygen atoms in total. The third-order valence-corrected chi connectivity index (χ3v) is 2.94. The standard InChI is InChI=1S/C15H14N4/c1-2-7-14-13(6-1)15(19-11-18-14)17-10-8-12-5-3-4-9-16-12/h1-7,9,11H,8,10H2,(H,17,18,19). The van der Waals surface area contributed by atoms with E-state index in [-0.39, 0.29) is 0 Å². The minimum atomic E-state index is 0.804. The molecule has 19 heavy (non-hydrogen) atoms. The summed E-state index contributed by atoms with van der Waals surface area (Å²) >= 11 is 0. The Bertz CT molecular complexity index is 662. The predicted octanol–water partition coefficient (Wildman–Crippen LogP) is 2.68. The van der Waals surface area contributed by atoms with E-state index in [1.165, 1.54) is 0 Å². The van der Waals surface area contributed by atoms with Crippen LogP contribution in [0.5, 0.6) is 0 Å². The summed E-state index contributed by atoms with van der Waals surface area (Å²) in [5, 5.41) is 4.39. The average molecular weight is 250 g/mol. The second-order valence-electron chi connectivity index (χ2n) is 4.24. The Hall–Kier alpha value is -2.49. The monoisotopic (exact) mass is 250 g/mol. The Balaban J connectivity index is 1.72. The minimum absolute atomic E-state index is 0.804. The molecule has 0 amide bonds. The lowest BCUT2D eigenvalue weighted by molar-refractivity contribution is 0.954. The van der Waals surface area contributed by atoms with E-state index in [1.54, 1.807) is 6.33 Å². The zero-order valence-corrected chi connectivity index (χ0v) is 10.5. The minimum Gasteiger partial charge on any atom is -0.369 e. The largest absolute Gasteiger partial charge is 0.369 e. The molecule has 0 spiro atoms. The van der Waals surface area contributed by atoms with Gasteiger partial charge in [-0.2, -0.15) is 0 Å². The van der Waals surface area contributed by atoms with Crippen LogP contribution in [0.25, 0.3) is 10.9 Å². The van der Waals surface area contributed by atoms with E-state index in [0.29, 0.717) is 0 Å². The zero-order chi connectivity index (χ0) is 12.9. The van der Waals surface area contributed by atoms with Crippen molar-refractivity contribution in [2.75, 3.05) is 11.9 Å². The van der Waals surface area contributed by atoms with Gasteiger partial charge < -0.3 is 5.32 Å². The van der Waals surface area contributed by atoms with Crippen LogP contribution in [0.3, 0.4) is 0 Å². The highest BCUT2D eigenvalue weighted by Gasteiger charge is 2.02. The van der Waals surface area contributed by atoms with Crippen LogP contribution < -0.4 is 5.32 Å². The van der Waals surface area contributed by atoms with E-state index in [2.05, 4.69) is 20.3 Å². The first-order chi connectivity index (χ1) is 9.43. The first-order valence-electron chi connectivity index (χ1n) is 6.27. The topological polar surface area (TPSA) is 50.7 Å². The lowest BCUT2D eigenvalue weighted by Gasteiger charge is -2.07. The van der Waals surface area contributed by atoms with Gasteiger partial charge in [0.25, 0.3) is 0 Å². The fourth-order valence-corrected chi connectivity index (χ4v) is 2.00. The number of para-hydroxylation sites is 1. The van der Waals surface area contributed by atoms with Crippen molar-refractivity contribution in [2.45, 2.75) is 6.42 Å². The third-order valence-electron chi connectivity index (χ3n) is 2.94. The van der Waals surface area contributed by atoms with Crippen LogP contribution in [0.4, 0.5) is 5.82 Å². The number of rotatable bonds is 4. The van der Waals surface area contributed by atoms with Crippen LogP contribution in [0, 0.1) is 0 Å². The molecule has 0 saturated heterocycles. The van der Waals surface area contributed by atoms with Gasteiger partial charge in [0.1, 0.15) is 12.1 Å². The molecular formula is C15H14N4. The van der Waals surface area contributed by atoms with Crippen molar-refractivity contribution >= 4 is 16.7 Å². The van der Waals surface area contributed by atoms with E-state index in [9.17, 15) is 0 Å². The molecule has 0 atom stereocenters. The van der Waals surface area contributed by atoms with E-state index in [1.807, 2.05) is 48.7 Å². The van der Waals surface area contributed by atoms with Gasteiger partial charge in [0.05, 0.1) is 5.52 Å². The van der Waals surface area contributed by atoms with Crippen molar-refractivity contribution in [3.63, 3.8) is 0 Å². The summed E-state index contributed by atoms with van der Waals surface area (Å²) in [7, 11) is 0. The highest BCUT2D eigenvalue weighted by Crippen LogP contribution is 2.17. The molecule has 0 saturated carbocycles. The fourth-order valence-electron chi connectivity index (χ4n) is 2.00.